The van der Waals surface area contributed by atoms with Crippen LogP contribution in [0.2, 0.25) is 0 Å². The van der Waals surface area contributed by atoms with Gasteiger partial charge in [-0.05, 0) is 63.1 Å². The van der Waals surface area contributed by atoms with Crippen LogP contribution in [0.25, 0.3) is 11.8 Å². The lowest BCUT2D eigenvalue weighted by atomic mass is 10.1. The Morgan fingerprint density at radius 1 is 1.26 bits per heavy atom. The second-order valence-electron chi connectivity index (χ2n) is 6.40. The number of nitrogens with zero attached hydrogens (tertiary/aromatic N) is 3. The van der Waals surface area contributed by atoms with Gasteiger partial charge >= 0.3 is 0 Å². The molecule has 3 aromatic rings. The Labute approximate surface area is 162 Å². The molecule has 0 saturated carbocycles. The molecule has 2 aromatic heterocycles. The first-order valence-electron chi connectivity index (χ1n) is 8.50. The van der Waals surface area contributed by atoms with Gasteiger partial charge in [0.05, 0.1) is 0 Å². The maximum Gasteiger partial charge on any atom is 0.268 e. The van der Waals surface area contributed by atoms with Crippen LogP contribution < -0.4 is 5.32 Å². The molecule has 3 rings (SSSR count). The highest BCUT2D eigenvalue weighted by atomic mass is 32.1. The van der Waals surface area contributed by atoms with Crippen LogP contribution in [0.3, 0.4) is 0 Å². The van der Waals surface area contributed by atoms with E-state index in [1.165, 1.54) is 16.9 Å². The summed E-state index contributed by atoms with van der Waals surface area (Å²) >= 11 is 1.37. The molecule has 0 fully saturated rings. The van der Waals surface area contributed by atoms with Crippen molar-refractivity contribution >= 4 is 28.5 Å². The lowest BCUT2D eigenvalue weighted by Crippen LogP contribution is -2.13. The van der Waals surface area contributed by atoms with Crippen LogP contribution >= 0.6 is 11.3 Å². The van der Waals surface area contributed by atoms with E-state index in [1.54, 1.807) is 12.3 Å². The van der Waals surface area contributed by atoms with Crippen molar-refractivity contribution in [2.45, 2.75) is 27.7 Å². The molecular weight excluding hydrogens is 356 g/mol. The van der Waals surface area contributed by atoms with E-state index in [4.69, 9.17) is 0 Å². The first-order chi connectivity index (χ1) is 12.9. The normalized spacial score (nSPS) is 11.3. The van der Waals surface area contributed by atoms with E-state index in [1.807, 2.05) is 45.0 Å². The van der Waals surface area contributed by atoms with Gasteiger partial charge in [-0.2, -0.15) is 5.26 Å². The predicted octanol–water partition coefficient (Wildman–Crippen LogP) is 4.71. The average Bonchev–Trinajstić information content (AvgIpc) is 3.15. The van der Waals surface area contributed by atoms with Gasteiger partial charge in [0.25, 0.3) is 5.91 Å². The maximum atomic E-state index is 12.4. The van der Waals surface area contributed by atoms with Crippen molar-refractivity contribution in [2.75, 3.05) is 5.32 Å². The molecule has 0 spiro atoms. The summed E-state index contributed by atoms with van der Waals surface area (Å²) in [5, 5.41) is 12.6. The van der Waals surface area contributed by atoms with E-state index in [0.717, 1.165) is 27.5 Å². The van der Waals surface area contributed by atoms with Crippen LogP contribution in [0.1, 0.15) is 27.4 Å². The molecule has 0 bridgehead atoms. The molecule has 0 atom stereocenters. The van der Waals surface area contributed by atoms with Gasteiger partial charge in [0.1, 0.15) is 11.6 Å². The molecule has 0 aliphatic carbocycles. The van der Waals surface area contributed by atoms with Gasteiger partial charge in [-0.3, -0.25) is 10.1 Å². The van der Waals surface area contributed by atoms with E-state index in [2.05, 4.69) is 33.9 Å². The van der Waals surface area contributed by atoms with Gasteiger partial charge in [-0.25, -0.2) is 4.98 Å². The Hall–Kier alpha value is -3.17. The molecular formula is C21H20N4OS. The van der Waals surface area contributed by atoms with Crippen molar-refractivity contribution in [1.82, 2.24) is 9.55 Å². The number of carbonyl (C=O) groups is 1. The third-order valence-electron chi connectivity index (χ3n) is 4.24. The van der Waals surface area contributed by atoms with Crippen molar-refractivity contribution in [3.8, 4) is 11.8 Å². The van der Waals surface area contributed by atoms with Gasteiger partial charge < -0.3 is 4.57 Å². The van der Waals surface area contributed by atoms with Crippen molar-refractivity contribution in [3.63, 3.8) is 0 Å². The van der Waals surface area contributed by atoms with Crippen molar-refractivity contribution in [3.05, 3.63) is 69.5 Å². The third-order valence-corrected chi connectivity index (χ3v) is 5.06. The number of carbonyl (C=O) groups excluding carboxylic acids is 1. The minimum absolute atomic E-state index is 0.0485. The number of aryl methyl sites for hydroxylation is 3. The molecule has 136 valence electrons. The molecule has 0 aliphatic rings. The molecule has 1 amide bonds. The lowest BCUT2D eigenvalue weighted by molar-refractivity contribution is -0.112. The molecule has 0 saturated heterocycles. The maximum absolute atomic E-state index is 12.4. The quantitative estimate of drug-likeness (QED) is 0.529. The van der Waals surface area contributed by atoms with Crippen molar-refractivity contribution < 1.29 is 4.79 Å². The number of rotatable bonds is 4. The van der Waals surface area contributed by atoms with Crippen LogP contribution in [0.4, 0.5) is 5.13 Å². The SMILES string of the molecule is Cc1cccc(-n2c(C)cc(/C=C(/C#N)C(=O)Nc3ncc(C)s3)c2C)c1. The number of nitrogens with one attached hydrogen (secondary N) is 1. The average molecular weight is 376 g/mol. The van der Waals surface area contributed by atoms with E-state index in [0.29, 0.717) is 5.13 Å². The second kappa shape index (κ2) is 7.60. The molecule has 0 unspecified atom stereocenters. The number of thiazole rings is 1. The summed E-state index contributed by atoms with van der Waals surface area (Å²) in [6.45, 7) is 7.96. The van der Waals surface area contributed by atoms with Gasteiger partial charge in [0.2, 0.25) is 0 Å². The lowest BCUT2D eigenvalue weighted by Gasteiger charge is -2.10. The molecule has 5 nitrogen and oxygen atoms in total. The first kappa shape index (κ1) is 18.6. The van der Waals surface area contributed by atoms with Crippen molar-refractivity contribution in [1.29, 1.82) is 5.26 Å². The summed E-state index contributed by atoms with van der Waals surface area (Å²) in [5.74, 6) is -0.452. The zero-order valence-electron chi connectivity index (χ0n) is 15.7. The molecule has 27 heavy (non-hydrogen) atoms. The van der Waals surface area contributed by atoms with Crippen molar-refractivity contribution in [2.24, 2.45) is 0 Å². The Balaban J connectivity index is 1.94. The van der Waals surface area contributed by atoms with E-state index >= 15 is 0 Å². The Morgan fingerprint density at radius 2 is 2.04 bits per heavy atom. The van der Waals surface area contributed by atoms with Crippen LogP contribution in [-0.2, 0) is 4.79 Å². The summed E-state index contributed by atoms with van der Waals surface area (Å²) in [6, 6.07) is 12.2. The fraction of sp³-hybridized carbons (Fsp3) is 0.190. The summed E-state index contributed by atoms with van der Waals surface area (Å²) in [7, 11) is 0. The second-order valence-corrected chi connectivity index (χ2v) is 7.64. The smallest absolute Gasteiger partial charge is 0.268 e. The number of benzene rings is 1. The summed E-state index contributed by atoms with van der Waals surface area (Å²) in [6.07, 6.45) is 3.32. The minimum atomic E-state index is -0.452. The standard InChI is InChI=1S/C21H20N4OS/c1-13-6-5-7-19(8-13)25-14(2)9-17(16(25)4)10-18(11-22)20(26)24-21-23-12-15(3)27-21/h5-10,12H,1-4H3,(H,23,24,26)/b18-10-. The number of amides is 1. The van der Waals surface area contributed by atoms with Gasteiger partial charge in [0, 0.05) is 28.1 Å². The molecule has 1 N–H and O–H groups in total. The van der Waals surface area contributed by atoms with Gasteiger partial charge in [0.15, 0.2) is 5.13 Å². The van der Waals surface area contributed by atoms with Gasteiger partial charge in [-0.1, -0.05) is 12.1 Å². The Kier molecular flexibility index (Phi) is 5.24. The van der Waals surface area contributed by atoms with Crippen LogP contribution in [0.5, 0.6) is 0 Å². The third kappa shape index (κ3) is 3.99. The molecule has 0 radical (unpaired) electrons. The predicted molar refractivity (Wildman–Crippen MR) is 109 cm³/mol. The van der Waals surface area contributed by atoms with Crippen LogP contribution in [0, 0.1) is 39.0 Å². The highest BCUT2D eigenvalue weighted by Crippen LogP contribution is 2.24. The number of hydrogen-bond acceptors (Lipinski definition) is 4. The summed E-state index contributed by atoms with van der Waals surface area (Å²) in [4.78, 5) is 17.5. The van der Waals surface area contributed by atoms with E-state index in [-0.39, 0.29) is 5.57 Å². The molecule has 0 aliphatic heterocycles. The van der Waals surface area contributed by atoms with Crippen LogP contribution in [-0.4, -0.2) is 15.5 Å². The highest BCUT2D eigenvalue weighted by Gasteiger charge is 2.15. The largest absolute Gasteiger partial charge is 0.318 e. The van der Waals surface area contributed by atoms with E-state index < -0.39 is 5.91 Å². The summed E-state index contributed by atoms with van der Waals surface area (Å²) < 4.78 is 2.12. The number of hydrogen-bond donors (Lipinski definition) is 1. The van der Waals surface area contributed by atoms with Crippen LogP contribution in [0.15, 0.2) is 42.1 Å². The summed E-state index contributed by atoms with van der Waals surface area (Å²) in [5.41, 5.74) is 5.14. The number of aromatic nitrogens is 2. The fourth-order valence-electron chi connectivity index (χ4n) is 2.98. The Morgan fingerprint density at radius 3 is 2.67 bits per heavy atom. The minimum Gasteiger partial charge on any atom is -0.318 e. The zero-order valence-corrected chi connectivity index (χ0v) is 16.5. The number of nitriles is 1. The molecule has 2 heterocycles. The molecule has 1 aromatic carbocycles. The first-order valence-corrected chi connectivity index (χ1v) is 9.32. The molecule has 6 heteroatoms. The highest BCUT2D eigenvalue weighted by molar-refractivity contribution is 7.15. The fourth-order valence-corrected chi connectivity index (χ4v) is 3.64. The number of anilines is 1. The zero-order chi connectivity index (χ0) is 19.6. The van der Waals surface area contributed by atoms with Gasteiger partial charge in [-0.15, -0.1) is 11.3 Å². The topological polar surface area (TPSA) is 70.7 Å². The monoisotopic (exact) mass is 376 g/mol. The Bertz CT molecular complexity index is 1080. The van der Waals surface area contributed by atoms with E-state index in [9.17, 15) is 10.1 Å².